The smallest absolute Gasteiger partial charge is 0.273 e. The van der Waals surface area contributed by atoms with Crippen molar-refractivity contribution < 1.29 is 9.59 Å². The van der Waals surface area contributed by atoms with Crippen molar-refractivity contribution in [1.82, 2.24) is 14.8 Å². The van der Waals surface area contributed by atoms with E-state index in [0.717, 1.165) is 45.4 Å². The van der Waals surface area contributed by atoms with Gasteiger partial charge in [0, 0.05) is 38.0 Å². The van der Waals surface area contributed by atoms with Gasteiger partial charge in [0.05, 0.1) is 5.51 Å². The molecule has 4 rings (SSSR count). The minimum Gasteiger partial charge on any atom is -0.343 e. The number of thiazole rings is 1. The first-order valence-corrected chi connectivity index (χ1v) is 11.1. The van der Waals surface area contributed by atoms with E-state index in [-0.39, 0.29) is 11.3 Å². The third-order valence-electron chi connectivity index (χ3n) is 6.77. The Bertz CT molecular complexity index is 633. The normalized spacial score (nSPS) is 25.2. The predicted octanol–water partition coefficient (Wildman–Crippen LogP) is 3.57. The number of nitrogens with zero attached hydrogens (tertiary/aromatic N) is 3. The van der Waals surface area contributed by atoms with Gasteiger partial charge >= 0.3 is 0 Å². The van der Waals surface area contributed by atoms with Crippen LogP contribution in [0.1, 0.15) is 68.3 Å². The number of carbonyl (C=O) groups is 2. The second kappa shape index (κ2) is 7.67. The molecule has 3 fully saturated rings. The van der Waals surface area contributed by atoms with Gasteiger partial charge < -0.3 is 9.80 Å². The lowest BCUT2D eigenvalue weighted by atomic mass is 9.66. The highest BCUT2D eigenvalue weighted by Gasteiger charge is 2.48. The van der Waals surface area contributed by atoms with E-state index in [4.69, 9.17) is 0 Å². The Hall–Kier alpha value is -1.43. The summed E-state index contributed by atoms with van der Waals surface area (Å²) < 4.78 is 0. The van der Waals surface area contributed by atoms with Crippen LogP contribution in [0.15, 0.2) is 10.9 Å². The van der Waals surface area contributed by atoms with Gasteiger partial charge in [-0.2, -0.15) is 0 Å². The molecule has 6 heteroatoms. The van der Waals surface area contributed by atoms with E-state index in [1.54, 1.807) is 5.51 Å². The van der Waals surface area contributed by atoms with Crippen LogP contribution in [0.2, 0.25) is 0 Å². The van der Waals surface area contributed by atoms with E-state index in [1.807, 2.05) is 15.2 Å². The van der Waals surface area contributed by atoms with Crippen molar-refractivity contribution in [3.05, 3.63) is 16.6 Å². The number of rotatable bonds is 4. The lowest BCUT2D eigenvalue weighted by Gasteiger charge is -2.38. The van der Waals surface area contributed by atoms with Crippen molar-refractivity contribution in [3.8, 4) is 0 Å². The van der Waals surface area contributed by atoms with Gasteiger partial charge in [-0.05, 0) is 43.4 Å². The molecule has 0 bridgehead atoms. The number of carbonyl (C=O) groups excluding carboxylic acids is 2. The maximum absolute atomic E-state index is 12.8. The maximum atomic E-state index is 12.8. The van der Waals surface area contributed by atoms with Gasteiger partial charge in [-0.3, -0.25) is 9.59 Å². The van der Waals surface area contributed by atoms with Crippen molar-refractivity contribution >= 4 is 23.2 Å². The molecule has 1 aromatic heterocycles. The van der Waals surface area contributed by atoms with Crippen molar-refractivity contribution in [2.24, 2.45) is 11.3 Å². The van der Waals surface area contributed by atoms with Gasteiger partial charge in [-0.15, -0.1) is 11.3 Å². The van der Waals surface area contributed by atoms with Gasteiger partial charge in [0.1, 0.15) is 5.69 Å². The van der Waals surface area contributed by atoms with Crippen LogP contribution in [0, 0.1) is 11.3 Å². The lowest BCUT2D eigenvalue weighted by molar-refractivity contribution is -0.130. The second-order valence-corrected chi connectivity index (χ2v) is 9.02. The fourth-order valence-electron chi connectivity index (χ4n) is 5.31. The van der Waals surface area contributed by atoms with Crippen LogP contribution in [0.25, 0.3) is 0 Å². The van der Waals surface area contributed by atoms with E-state index in [1.165, 1.54) is 43.4 Å². The fourth-order valence-corrected chi connectivity index (χ4v) is 5.84. The van der Waals surface area contributed by atoms with E-state index in [0.29, 0.717) is 23.9 Å². The molecule has 5 nitrogen and oxygen atoms in total. The zero-order valence-electron chi connectivity index (χ0n) is 15.5. The highest BCUT2D eigenvalue weighted by Crippen LogP contribution is 2.49. The molecule has 142 valence electrons. The summed E-state index contributed by atoms with van der Waals surface area (Å²) in [5.41, 5.74) is 2.54. The molecule has 1 atom stereocenters. The number of amides is 2. The molecule has 0 radical (unpaired) electrons. The Balaban J connectivity index is 1.44. The summed E-state index contributed by atoms with van der Waals surface area (Å²) in [6.07, 6.45) is 10.1. The highest BCUT2D eigenvalue weighted by atomic mass is 32.1. The molecule has 2 amide bonds. The van der Waals surface area contributed by atoms with Crippen molar-refractivity contribution in [3.63, 3.8) is 0 Å². The van der Waals surface area contributed by atoms with E-state index >= 15 is 0 Å². The van der Waals surface area contributed by atoms with Crippen molar-refractivity contribution in [2.45, 2.75) is 57.8 Å². The predicted molar refractivity (Wildman–Crippen MR) is 102 cm³/mol. The summed E-state index contributed by atoms with van der Waals surface area (Å²) in [6, 6.07) is 0. The molecule has 0 N–H and O–H groups in total. The van der Waals surface area contributed by atoms with Gasteiger partial charge in [-0.25, -0.2) is 4.98 Å². The summed E-state index contributed by atoms with van der Waals surface area (Å²) in [4.78, 5) is 33.6. The molecule has 1 aliphatic carbocycles. The van der Waals surface area contributed by atoms with Crippen LogP contribution in [-0.4, -0.2) is 52.8 Å². The first kappa shape index (κ1) is 18.0. The molecular formula is C20H29N3O2S. The maximum Gasteiger partial charge on any atom is 0.273 e. The van der Waals surface area contributed by atoms with Crippen LogP contribution in [0.4, 0.5) is 0 Å². The number of hydrogen-bond acceptors (Lipinski definition) is 4. The Kier molecular flexibility index (Phi) is 5.30. The molecule has 3 aliphatic rings. The molecule has 1 unspecified atom stereocenters. The summed E-state index contributed by atoms with van der Waals surface area (Å²) >= 11 is 1.47. The van der Waals surface area contributed by atoms with Gasteiger partial charge in [0.25, 0.3) is 5.91 Å². The van der Waals surface area contributed by atoms with E-state index < -0.39 is 0 Å². The standard InChI is InChI=1S/C20H29N3O2S/c24-18(22-10-4-5-11-22)7-6-16-12-23(19(25)17-13-26-15-21-17)14-20(16)8-2-1-3-9-20/h13,15-16H,1-12,14H2. The SMILES string of the molecule is O=C(CCC1CN(C(=O)c2cscn2)CC12CCCCC2)N1CCCC1. The molecule has 2 aliphatic heterocycles. The zero-order valence-corrected chi connectivity index (χ0v) is 16.3. The highest BCUT2D eigenvalue weighted by molar-refractivity contribution is 7.07. The van der Waals surface area contributed by atoms with E-state index in [9.17, 15) is 9.59 Å². The summed E-state index contributed by atoms with van der Waals surface area (Å²) in [6.45, 7) is 3.52. The van der Waals surface area contributed by atoms with Crippen LogP contribution in [-0.2, 0) is 4.79 Å². The van der Waals surface area contributed by atoms with E-state index in [2.05, 4.69) is 4.98 Å². The van der Waals surface area contributed by atoms with Gasteiger partial charge in [0.15, 0.2) is 0 Å². The fraction of sp³-hybridized carbons (Fsp3) is 0.750. The number of likely N-dealkylation sites (tertiary alicyclic amines) is 2. The molecular weight excluding hydrogens is 346 g/mol. The Morgan fingerprint density at radius 1 is 1.12 bits per heavy atom. The Morgan fingerprint density at radius 2 is 1.88 bits per heavy atom. The zero-order chi connectivity index (χ0) is 18.0. The van der Waals surface area contributed by atoms with Crippen LogP contribution >= 0.6 is 11.3 Å². The molecule has 1 spiro atoms. The third kappa shape index (κ3) is 3.53. The third-order valence-corrected chi connectivity index (χ3v) is 7.35. The number of aromatic nitrogens is 1. The second-order valence-electron chi connectivity index (χ2n) is 8.31. The first-order chi connectivity index (χ1) is 12.7. The molecule has 26 heavy (non-hydrogen) atoms. The Morgan fingerprint density at radius 3 is 2.58 bits per heavy atom. The van der Waals surface area contributed by atoms with Gasteiger partial charge in [0.2, 0.25) is 5.91 Å². The van der Waals surface area contributed by atoms with Crippen molar-refractivity contribution in [1.29, 1.82) is 0 Å². The minimum atomic E-state index is 0.0737. The lowest BCUT2D eigenvalue weighted by Crippen LogP contribution is -2.35. The van der Waals surface area contributed by atoms with Crippen LogP contribution in [0.3, 0.4) is 0 Å². The van der Waals surface area contributed by atoms with Crippen molar-refractivity contribution in [2.75, 3.05) is 26.2 Å². The molecule has 1 aromatic rings. The Labute approximate surface area is 159 Å². The number of hydrogen-bond donors (Lipinski definition) is 0. The molecule has 2 saturated heterocycles. The average molecular weight is 376 g/mol. The quantitative estimate of drug-likeness (QED) is 0.808. The summed E-state index contributed by atoms with van der Waals surface area (Å²) in [7, 11) is 0. The summed E-state index contributed by atoms with van der Waals surface area (Å²) in [5.74, 6) is 0.847. The molecule has 0 aromatic carbocycles. The van der Waals surface area contributed by atoms with Gasteiger partial charge in [-0.1, -0.05) is 19.3 Å². The van der Waals surface area contributed by atoms with Crippen LogP contribution < -0.4 is 0 Å². The minimum absolute atomic E-state index is 0.0737. The topological polar surface area (TPSA) is 53.5 Å². The van der Waals surface area contributed by atoms with Crippen LogP contribution in [0.5, 0.6) is 0 Å². The largest absolute Gasteiger partial charge is 0.343 e. The molecule has 3 heterocycles. The monoisotopic (exact) mass is 375 g/mol. The first-order valence-electron chi connectivity index (χ1n) is 10.1. The average Bonchev–Trinajstić information content (AvgIpc) is 3.41. The molecule has 1 saturated carbocycles. The summed E-state index contributed by atoms with van der Waals surface area (Å²) in [5, 5.41) is 1.85.